The molecule has 0 aliphatic carbocycles. The van der Waals surface area contributed by atoms with Crippen molar-refractivity contribution in [2.24, 2.45) is 0 Å². The first-order valence-electron chi connectivity index (χ1n) is 38.7. The maximum Gasteiger partial charge on any atom is 0.472 e. The van der Waals surface area contributed by atoms with Gasteiger partial charge in [0.1, 0.15) is 19.3 Å². The number of hydrogen-bond donors (Lipinski definition) is 3. The van der Waals surface area contributed by atoms with E-state index in [2.05, 4.69) is 198 Å². The number of phosphoric acid groups is 2. The van der Waals surface area contributed by atoms with Crippen LogP contribution in [0, 0.1) is 0 Å². The van der Waals surface area contributed by atoms with Gasteiger partial charge in [0.2, 0.25) is 0 Å². The summed E-state index contributed by atoms with van der Waals surface area (Å²) in [7, 11) is -10.0. The zero-order valence-corrected chi connectivity index (χ0v) is 65.6. The van der Waals surface area contributed by atoms with Gasteiger partial charge in [-0.3, -0.25) is 37.3 Å². The van der Waals surface area contributed by atoms with E-state index >= 15 is 0 Å². The fraction of sp³-hybridized carbons (Fsp3) is 0.576. The van der Waals surface area contributed by atoms with Gasteiger partial charge in [0.15, 0.2) is 12.2 Å². The van der Waals surface area contributed by atoms with E-state index in [9.17, 15) is 43.2 Å². The lowest BCUT2D eigenvalue weighted by Gasteiger charge is -2.21. The molecule has 586 valence electrons. The van der Waals surface area contributed by atoms with Crippen molar-refractivity contribution in [3.8, 4) is 0 Å². The summed E-state index contributed by atoms with van der Waals surface area (Å²) in [4.78, 5) is 72.9. The minimum absolute atomic E-state index is 0.0180. The number of ether oxygens (including phenoxy) is 4. The van der Waals surface area contributed by atoms with E-state index in [0.29, 0.717) is 38.5 Å². The van der Waals surface area contributed by atoms with Gasteiger partial charge in [-0.25, -0.2) is 9.13 Å². The molecule has 104 heavy (non-hydrogen) atoms. The van der Waals surface area contributed by atoms with Crippen LogP contribution in [-0.4, -0.2) is 96.7 Å². The van der Waals surface area contributed by atoms with Gasteiger partial charge in [-0.05, 0) is 167 Å². The first-order chi connectivity index (χ1) is 50.7. The van der Waals surface area contributed by atoms with Gasteiger partial charge in [-0.15, -0.1) is 0 Å². The molecule has 0 amide bonds. The predicted molar refractivity (Wildman–Crippen MR) is 426 cm³/mol. The van der Waals surface area contributed by atoms with Gasteiger partial charge in [-0.1, -0.05) is 261 Å². The van der Waals surface area contributed by atoms with E-state index < -0.39 is 97.5 Å². The Balaban J connectivity index is 5.48. The number of hydrogen-bond acceptors (Lipinski definition) is 15. The summed E-state index contributed by atoms with van der Waals surface area (Å²) in [5, 5.41) is 10.6. The number of aliphatic hydroxyl groups excluding tert-OH is 1. The quantitative estimate of drug-likeness (QED) is 0.0169. The molecule has 0 fully saturated rings. The highest BCUT2D eigenvalue weighted by Gasteiger charge is 2.30. The second-order valence-electron chi connectivity index (χ2n) is 24.8. The average Bonchev–Trinajstić information content (AvgIpc) is 0.929. The summed E-state index contributed by atoms with van der Waals surface area (Å²) < 4.78 is 68.3. The SMILES string of the molecule is CC/C=C\C/C=C\C/C=C\C/C=C\C/C=C\C/C=C\CCC(=O)OCC(COP(=O)(O)OCC(O)COP(=O)(O)OCC(COC(=O)CCCCC/C=C\C/C=C\C/C=C\C/C=C\C/C=C\CC)OC(=O)CCCCCCC/C=C\CCCC)OC(=O)CCCC/C=C\C/C=C\C/C=C\C/C=C\CC. The summed E-state index contributed by atoms with van der Waals surface area (Å²) in [6.07, 6.45) is 91.6. The molecule has 0 heterocycles. The Kier molecular flexibility index (Phi) is 70.7. The van der Waals surface area contributed by atoms with E-state index in [0.717, 1.165) is 161 Å². The molecule has 0 rings (SSSR count). The van der Waals surface area contributed by atoms with Crippen LogP contribution in [0.5, 0.6) is 0 Å². The molecular weight excluding hydrogens is 1350 g/mol. The van der Waals surface area contributed by atoms with Crippen molar-refractivity contribution < 1.29 is 80.2 Å². The normalized spacial score (nSPS) is 15.0. The van der Waals surface area contributed by atoms with Crippen LogP contribution in [0.2, 0.25) is 0 Å². The molecule has 0 aromatic heterocycles. The molecule has 0 aliphatic heterocycles. The molecule has 3 N–H and O–H groups in total. The Bertz CT molecular complexity index is 2740. The molecule has 0 saturated carbocycles. The van der Waals surface area contributed by atoms with Crippen molar-refractivity contribution in [2.45, 2.75) is 277 Å². The van der Waals surface area contributed by atoms with E-state index in [-0.39, 0.29) is 25.7 Å². The number of esters is 4. The first-order valence-corrected chi connectivity index (χ1v) is 41.7. The van der Waals surface area contributed by atoms with Crippen molar-refractivity contribution in [2.75, 3.05) is 39.6 Å². The number of aliphatic hydroxyl groups is 1. The molecule has 17 nitrogen and oxygen atoms in total. The summed E-state index contributed by atoms with van der Waals surface area (Å²) in [6, 6.07) is 0. The molecule has 0 saturated heterocycles. The third kappa shape index (κ3) is 74.2. The van der Waals surface area contributed by atoms with Gasteiger partial charge in [0, 0.05) is 25.7 Å². The monoisotopic (exact) mass is 1490 g/mol. The second kappa shape index (κ2) is 75.1. The number of rotatable bonds is 70. The predicted octanol–water partition coefficient (Wildman–Crippen LogP) is 22.5. The summed E-state index contributed by atoms with van der Waals surface area (Å²) in [6.45, 7) is 4.26. The molecule has 19 heteroatoms. The van der Waals surface area contributed by atoms with Gasteiger partial charge in [-0.2, -0.15) is 0 Å². The minimum Gasteiger partial charge on any atom is -0.462 e. The molecule has 0 aromatic carbocycles. The van der Waals surface area contributed by atoms with Gasteiger partial charge in [0.05, 0.1) is 26.4 Å². The minimum atomic E-state index is -5.02. The lowest BCUT2D eigenvalue weighted by molar-refractivity contribution is -0.161. The van der Waals surface area contributed by atoms with Crippen LogP contribution in [0.25, 0.3) is 0 Å². The van der Waals surface area contributed by atoms with Gasteiger partial charge < -0.3 is 33.8 Å². The zero-order valence-electron chi connectivity index (χ0n) is 63.9. The number of allylic oxidation sites excluding steroid dienone is 32. The smallest absolute Gasteiger partial charge is 0.462 e. The number of phosphoric ester groups is 2. The summed E-state index contributed by atoms with van der Waals surface area (Å²) in [5.41, 5.74) is 0. The third-order valence-corrected chi connectivity index (χ3v) is 16.9. The largest absolute Gasteiger partial charge is 0.472 e. The van der Waals surface area contributed by atoms with Crippen molar-refractivity contribution in [3.05, 3.63) is 194 Å². The van der Waals surface area contributed by atoms with Crippen molar-refractivity contribution in [1.29, 1.82) is 0 Å². The van der Waals surface area contributed by atoms with E-state index in [1.165, 1.54) is 6.42 Å². The van der Waals surface area contributed by atoms with E-state index in [4.69, 9.17) is 37.0 Å². The molecule has 0 radical (unpaired) electrons. The maximum absolute atomic E-state index is 13.1. The van der Waals surface area contributed by atoms with Crippen molar-refractivity contribution in [3.63, 3.8) is 0 Å². The highest BCUT2D eigenvalue weighted by Crippen LogP contribution is 2.45. The van der Waals surface area contributed by atoms with Crippen molar-refractivity contribution in [1.82, 2.24) is 0 Å². The average molecular weight is 1490 g/mol. The fourth-order valence-corrected chi connectivity index (χ4v) is 10.8. The molecule has 0 aliphatic rings. The van der Waals surface area contributed by atoms with E-state index in [1.54, 1.807) is 0 Å². The van der Waals surface area contributed by atoms with Crippen LogP contribution in [0.3, 0.4) is 0 Å². The first kappa shape index (κ1) is 97.9. The Morgan fingerprint density at radius 3 is 0.865 bits per heavy atom. The maximum atomic E-state index is 13.1. The third-order valence-electron chi connectivity index (χ3n) is 15.0. The summed E-state index contributed by atoms with van der Waals surface area (Å²) in [5.74, 6) is -2.39. The highest BCUT2D eigenvalue weighted by molar-refractivity contribution is 7.47. The fourth-order valence-electron chi connectivity index (χ4n) is 9.24. The lowest BCUT2D eigenvalue weighted by atomic mass is 10.1. The summed E-state index contributed by atoms with van der Waals surface area (Å²) >= 11 is 0. The number of unbranched alkanes of at least 4 members (excludes halogenated alkanes) is 12. The Hall–Kier alpha value is -6.10. The molecular formula is C85H134O17P2. The van der Waals surface area contributed by atoms with Crippen LogP contribution in [0.15, 0.2) is 194 Å². The van der Waals surface area contributed by atoms with Crippen LogP contribution >= 0.6 is 15.6 Å². The van der Waals surface area contributed by atoms with E-state index in [1.807, 2.05) is 24.3 Å². The van der Waals surface area contributed by atoms with Gasteiger partial charge in [0.25, 0.3) is 0 Å². The Morgan fingerprint density at radius 1 is 0.279 bits per heavy atom. The number of carbonyl (C=O) groups is 4. The standard InChI is InChI=1S/C85H134O17P2/c1-5-9-13-17-21-25-29-32-35-37-39-41-44-46-50-53-57-61-65-69-82(87)95-75-80(101-84(89)71-67-63-59-55-49-28-24-20-16-12-8-4)77-99-103(91,92)97-73-79(86)74-98-104(93,94)100-78-81(102-85(90)72-68-64-60-56-52-48-43-34-31-27-23-19-15-11-7-3)76-96-83(88)70-66-62-58-54-51-47-45-42-40-38-36-33-30-26-22-18-14-10-6-2/h9-11,13-15,20-27,32-36,39-43,46-47,50-52,56,58,62,79-81,86H,5-8,12,16-19,28-31,37-38,44-45,48-49,53-55,57,59-61,63-78H2,1-4H3,(H,91,92)(H,93,94)/b13-9-,14-10-,15-11-,24-20-,25-21-,26-22-,27-23-,35-32-,36-33-,41-39-,42-40-,43-34-,50-46-,51-47-,56-52-,62-58-. The Morgan fingerprint density at radius 2 is 0.519 bits per heavy atom. The second-order valence-corrected chi connectivity index (χ2v) is 27.7. The zero-order chi connectivity index (χ0) is 76.0. The van der Waals surface area contributed by atoms with Crippen LogP contribution in [0.4, 0.5) is 0 Å². The Labute approximate surface area is 627 Å². The molecule has 0 spiro atoms. The number of carbonyl (C=O) groups excluding carboxylic acids is 4. The highest BCUT2D eigenvalue weighted by atomic mass is 31.2. The van der Waals surface area contributed by atoms with Crippen molar-refractivity contribution >= 4 is 39.5 Å². The topological polar surface area (TPSA) is 237 Å². The molecule has 5 unspecified atom stereocenters. The van der Waals surface area contributed by atoms with Gasteiger partial charge >= 0.3 is 39.5 Å². The molecule has 0 bridgehead atoms. The lowest BCUT2D eigenvalue weighted by Crippen LogP contribution is -2.30. The van der Waals surface area contributed by atoms with Crippen LogP contribution in [-0.2, 0) is 65.4 Å². The van der Waals surface area contributed by atoms with Crippen LogP contribution < -0.4 is 0 Å². The molecule has 5 atom stereocenters. The molecule has 0 aromatic rings. The van der Waals surface area contributed by atoms with Crippen LogP contribution in [0.1, 0.15) is 259 Å².